The highest BCUT2D eigenvalue weighted by Crippen LogP contribution is 2.25. The van der Waals surface area contributed by atoms with Crippen molar-refractivity contribution >= 4 is 45.7 Å². The first-order valence-corrected chi connectivity index (χ1v) is 10.5. The van der Waals surface area contributed by atoms with Crippen molar-refractivity contribution in [1.29, 1.82) is 0 Å². The van der Waals surface area contributed by atoms with Gasteiger partial charge in [-0.15, -0.1) is 23.1 Å². The number of benzene rings is 1. The molecule has 0 fully saturated rings. The van der Waals surface area contributed by atoms with Crippen LogP contribution in [-0.4, -0.2) is 28.0 Å². The van der Waals surface area contributed by atoms with E-state index in [0.717, 1.165) is 16.3 Å². The van der Waals surface area contributed by atoms with Gasteiger partial charge in [-0.1, -0.05) is 12.1 Å². The van der Waals surface area contributed by atoms with Gasteiger partial charge in [0.25, 0.3) is 5.91 Å². The van der Waals surface area contributed by atoms with E-state index < -0.39 is 0 Å². The van der Waals surface area contributed by atoms with Gasteiger partial charge < -0.3 is 10.3 Å². The van der Waals surface area contributed by atoms with E-state index in [9.17, 15) is 14.4 Å². The minimum Gasteiger partial charge on any atom is -0.328 e. The van der Waals surface area contributed by atoms with Crippen molar-refractivity contribution in [3.05, 3.63) is 69.6 Å². The predicted octanol–water partition coefficient (Wildman–Crippen LogP) is 3.38. The molecule has 0 spiro atoms. The van der Waals surface area contributed by atoms with Crippen LogP contribution in [0.15, 0.2) is 57.7 Å². The molecule has 3 rings (SSSR count). The molecule has 0 saturated carbocycles. The Morgan fingerprint density at radius 2 is 2.00 bits per heavy atom. The van der Waals surface area contributed by atoms with E-state index in [0.29, 0.717) is 23.5 Å². The molecule has 0 atom stereocenters. The molecule has 1 aromatic carbocycles. The van der Waals surface area contributed by atoms with Gasteiger partial charge in [-0.05, 0) is 30.9 Å². The lowest BCUT2D eigenvalue weighted by atomic mass is 10.2. The Morgan fingerprint density at radius 3 is 2.75 bits per heavy atom. The second-order valence-corrected chi connectivity index (χ2v) is 7.49. The summed E-state index contributed by atoms with van der Waals surface area (Å²) in [6.07, 6.45) is 4.07. The highest BCUT2D eigenvalue weighted by molar-refractivity contribution is 7.98. The summed E-state index contributed by atoms with van der Waals surface area (Å²) in [5, 5.41) is 7.85. The number of hydrogen-bond acceptors (Lipinski definition) is 6. The van der Waals surface area contributed by atoms with E-state index >= 15 is 0 Å². The molecule has 3 aromatic rings. The van der Waals surface area contributed by atoms with Gasteiger partial charge in [-0.3, -0.25) is 19.7 Å². The first kappa shape index (κ1) is 19.8. The smallest absolute Gasteiger partial charge is 0.258 e. The SMILES string of the molecule is CSc1ccccc1NC(=O)CCc1csc(NC(=O)c2ccc(=O)[nH]c2)n1. The van der Waals surface area contributed by atoms with Crippen molar-refractivity contribution in [3.63, 3.8) is 0 Å². The summed E-state index contributed by atoms with van der Waals surface area (Å²) in [4.78, 5) is 43.2. The van der Waals surface area contributed by atoms with Crippen LogP contribution in [0, 0.1) is 0 Å². The number of hydrogen-bond donors (Lipinski definition) is 3. The predicted molar refractivity (Wildman–Crippen MR) is 112 cm³/mol. The molecule has 0 radical (unpaired) electrons. The van der Waals surface area contributed by atoms with Crippen LogP contribution in [0.25, 0.3) is 0 Å². The number of rotatable bonds is 7. The fourth-order valence-corrected chi connectivity index (χ4v) is 3.70. The van der Waals surface area contributed by atoms with Crippen LogP contribution in [0.2, 0.25) is 0 Å². The normalized spacial score (nSPS) is 10.5. The van der Waals surface area contributed by atoms with Gasteiger partial charge in [0.2, 0.25) is 11.5 Å². The number of pyridine rings is 1. The zero-order chi connectivity index (χ0) is 19.9. The quantitative estimate of drug-likeness (QED) is 0.514. The molecule has 7 nitrogen and oxygen atoms in total. The Labute approximate surface area is 169 Å². The number of anilines is 2. The first-order chi connectivity index (χ1) is 13.5. The number of aryl methyl sites for hydroxylation is 1. The largest absolute Gasteiger partial charge is 0.328 e. The third kappa shape index (κ3) is 5.30. The second-order valence-electron chi connectivity index (χ2n) is 5.79. The molecule has 2 aromatic heterocycles. The van der Waals surface area contributed by atoms with E-state index in [1.165, 1.54) is 29.7 Å². The summed E-state index contributed by atoms with van der Waals surface area (Å²) in [5.74, 6) is -0.447. The van der Waals surface area contributed by atoms with Gasteiger partial charge in [-0.25, -0.2) is 4.98 Å². The average Bonchev–Trinajstić information content (AvgIpc) is 3.14. The maximum Gasteiger partial charge on any atom is 0.258 e. The number of aromatic amines is 1. The van der Waals surface area contributed by atoms with E-state index in [4.69, 9.17) is 0 Å². The zero-order valence-electron chi connectivity index (χ0n) is 15.0. The third-order valence-corrected chi connectivity index (χ3v) is 5.41. The molecule has 2 heterocycles. The standard InChI is InChI=1S/C19H18N4O3S2/c1-27-15-5-3-2-4-14(15)22-17(25)9-7-13-11-28-19(21-13)23-18(26)12-6-8-16(24)20-10-12/h2-6,8,10-11H,7,9H2,1H3,(H,20,24)(H,22,25)(H,21,23,26). The number of carbonyl (C=O) groups excluding carboxylic acids is 2. The number of nitrogens with one attached hydrogen (secondary N) is 3. The number of H-pyrrole nitrogens is 1. The maximum atomic E-state index is 12.2. The van der Waals surface area contributed by atoms with Crippen LogP contribution < -0.4 is 16.2 Å². The lowest BCUT2D eigenvalue weighted by molar-refractivity contribution is -0.116. The minimum absolute atomic E-state index is 0.0895. The lowest BCUT2D eigenvalue weighted by Crippen LogP contribution is -2.14. The van der Waals surface area contributed by atoms with Crippen molar-refractivity contribution in [2.24, 2.45) is 0 Å². The van der Waals surface area contributed by atoms with Crippen LogP contribution in [0.5, 0.6) is 0 Å². The third-order valence-electron chi connectivity index (χ3n) is 3.81. The van der Waals surface area contributed by atoms with Crippen molar-refractivity contribution in [3.8, 4) is 0 Å². The molecule has 0 unspecified atom stereocenters. The summed E-state index contributed by atoms with van der Waals surface area (Å²) >= 11 is 2.86. The molecular formula is C19H18N4O3S2. The lowest BCUT2D eigenvalue weighted by Gasteiger charge is -2.08. The van der Waals surface area contributed by atoms with Crippen LogP contribution in [0.1, 0.15) is 22.5 Å². The Morgan fingerprint density at radius 1 is 1.18 bits per heavy atom. The molecular weight excluding hydrogens is 396 g/mol. The maximum absolute atomic E-state index is 12.2. The fraction of sp³-hybridized carbons (Fsp3) is 0.158. The summed E-state index contributed by atoms with van der Waals surface area (Å²) in [5.41, 5.74) is 1.59. The van der Waals surface area contributed by atoms with Crippen molar-refractivity contribution in [2.45, 2.75) is 17.7 Å². The van der Waals surface area contributed by atoms with Gasteiger partial charge in [0.1, 0.15) is 0 Å². The summed E-state index contributed by atoms with van der Waals surface area (Å²) in [7, 11) is 0. The van der Waals surface area contributed by atoms with Gasteiger partial charge in [0.05, 0.1) is 16.9 Å². The van der Waals surface area contributed by atoms with E-state index in [-0.39, 0.29) is 17.4 Å². The Hall–Kier alpha value is -2.91. The molecule has 0 aliphatic carbocycles. The topological polar surface area (TPSA) is 104 Å². The van der Waals surface area contributed by atoms with Gasteiger partial charge >= 0.3 is 0 Å². The average molecular weight is 415 g/mol. The number of nitrogens with zero attached hydrogens (tertiary/aromatic N) is 1. The monoisotopic (exact) mass is 414 g/mol. The van der Waals surface area contributed by atoms with Gasteiger partial charge in [0, 0.05) is 29.0 Å². The number of carbonyl (C=O) groups is 2. The minimum atomic E-state index is -0.358. The summed E-state index contributed by atoms with van der Waals surface area (Å²) in [6, 6.07) is 10.4. The fourth-order valence-electron chi connectivity index (χ4n) is 2.40. The Kier molecular flexibility index (Phi) is 6.62. The van der Waals surface area contributed by atoms with Gasteiger partial charge in [-0.2, -0.15) is 0 Å². The highest BCUT2D eigenvalue weighted by Gasteiger charge is 2.11. The number of amides is 2. The number of para-hydroxylation sites is 1. The highest BCUT2D eigenvalue weighted by atomic mass is 32.2. The molecule has 0 bridgehead atoms. The zero-order valence-corrected chi connectivity index (χ0v) is 16.7. The van der Waals surface area contributed by atoms with E-state index in [1.54, 1.807) is 11.8 Å². The Balaban J connectivity index is 1.53. The van der Waals surface area contributed by atoms with Crippen LogP contribution in [0.4, 0.5) is 10.8 Å². The molecule has 9 heteroatoms. The van der Waals surface area contributed by atoms with Crippen LogP contribution >= 0.6 is 23.1 Å². The Bertz CT molecular complexity index is 1020. The molecule has 2 amide bonds. The molecule has 28 heavy (non-hydrogen) atoms. The second kappa shape index (κ2) is 9.34. The molecule has 144 valence electrons. The first-order valence-electron chi connectivity index (χ1n) is 8.42. The van der Waals surface area contributed by atoms with Crippen LogP contribution in [0.3, 0.4) is 0 Å². The number of thioether (sulfide) groups is 1. The van der Waals surface area contributed by atoms with Crippen molar-refractivity contribution in [1.82, 2.24) is 9.97 Å². The summed E-state index contributed by atoms with van der Waals surface area (Å²) < 4.78 is 0. The molecule has 0 aliphatic heterocycles. The van der Waals surface area contributed by atoms with E-state index in [1.807, 2.05) is 35.9 Å². The number of thiazole rings is 1. The van der Waals surface area contributed by atoms with Gasteiger partial charge in [0.15, 0.2) is 5.13 Å². The molecule has 0 saturated heterocycles. The summed E-state index contributed by atoms with van der Waals surface area (Å²) in [6.45, 7) is 0. The molecule has 3 N–H and O–H groups in total. The number of aromatic nitrogens is 2. The van der Waals surface area contributed by atoms with E-state index in [2.05, 4.69) is 20.6 Å². The van der Waals surface area contributed by atoms with Crippen molar-refractivity contribution < 1.29 is 9.59 Å². The molecule has 0 aliphatic rings. The van der Waals surface area contributed by atoms with Crippen molar-refractivity contribution in [2.75, 3.05) is 16.9 Å². The van der Waals surface area contributed by atoms with Crippen LogP contribution in [-0.2, 0) is 11.2 Å².